The zero-order valence-electron chi connectivity index (χ0n) is 11.6. The smallest absolute Gasteiger partial charge is 0.245 e. The van der Waals surface area contributed by atoms with E-state index in [0.717, 1.165) is 9.36 Å². The number of hydrogen-bond acceptors (Lipinski definition) is 3. The molecule has 0 N–H and O–H groups in total. The van der Waals surface area contributed by atoms with Crippen molar-refractivity contribution in [1.82, 2.24) is 14.0 Å². The predicted octanol–water partition coefficient (Wildman–Crippen LogP) is 1.24. The van der Waals surface area contributed by atoms with E-state index in [0.29, 0.717) is 5.69 Å². The number of para-hydroxylation sites is 1. The third-order valence-corrected chi connectivity index (χ3v) is 3.44. The highest BCUT2D eigenvalue weighted by Gasteiger charge is 2.34. The summed E-state index contributed by atoms with van der Waals surface area (Å²) in [5.74, 6) is 0. The van der Waals surface area contributed by atoms with Gasteiger partial charge in [0.2, 0.25) is 0 Å². The van der Waals surface area contributed by atoms with Gasteiger partial charge in [0.1, 0.15) is 0 Å². The Morgan fingerprint density at radius 1 is 1.05 bits per heavy atom. The molecule has 0 spiro atoms. The lowest BCUT2D eigenvalue weighted by atomic mass is 9.88. The Hall–Kier alpha value is -2.37. The van der Waals surface area contributed by atoms with Gasteiger partial charge in [-0.15, -0.1) is 4.79 Å². The second-order valence-corrected chi connectivity index (χ2v) is 5.95. The minimum absolute atomic E-state index is 0.194. The van der Waals surface area contributed by atoms with Crippen molar-refractivity contribution in [1.29, 1.82) is 0 Å². The Morgan fingerprint density at radius 2 is 1.70 bits per heavy atom. The molecular weight excluding hydrogens is 256 g/mol. The number of nitrogens with zero attached hydrogens (tertiary/aromatic N) is 4. The summed E-state index contributed by atoms with van der Waals surface area (Å²) in [6, 6.07) is 8.65. The molecule has 1 aliphatic heterocycles. The number of benzene rings is 1. The molecule has 20 heavy (non-hydrogen) atoms. The van der Waals surface area contributed by atoms with Crippen molar-refractivity contribution < 1.29 is 0 Å². The molecule has 2 heterocycles. The zero-order chi connectivity index (χ0) is 14.5. The molecule has 0 saturated heterocycles. The number of hydrogen-bond donors (Lipinski definition) is 0. The molecule has 3 rings (SSSR count). The minimum atomic E-state index is -0.441. The van der Waals surface area contributed by atoms with E-state index < -0.39 is 5.69 Å². The highest BCUT2D eigenvalue weighted by Crippen LogP contribution is 2.29. The summed E-state index contributed by atoms with van der Waals surface area (Å²) in [6.07, 6.45) is 1.65. The number of aromatic nitrogens is 3. The first-order valence-electron chi connectivity index (χ1n) is 6.48. The van der Waals surface area contributed by atoms with Gasteiger partial charge in [0.15, 0.2) is 0 Å². The van der Waals surface area contributed by atoms with E-state index in [9.17, 15) is 9.59 Å². The highest BCUT2D eigenvalue weighted by molar-refractivity contribution is 5.65. The van der Waals surface area contributed by atoms with Crippen LogP contribution < -0.4 is 11.4 Å². The normalized spacial score (nSPS) is 17.4. The topological polar surface area (TPSA) is 61.3 Å². The molecular formula is C14H16N4O2. The molecule has 0 amide bonds. The molecule has 0 aliphatic carbocycles. The van der Waals surface area contributed by atoms with Crippen LogP contribution in [0.1, 0.15) is 26.8 Å². The Balaban J connectivity index is 2.27. The second-order valence-electron chi connectivity index (χ2n) is 5.95. The maximum atomic E-state index is 12.6. The largest absolute Gasteiger partial charge is 0.373 e. The van der Waals surface area contributed by atoms with Gasteiger partial charge in [-0.25, -0.2) is 18.8 Å². The summed E-state index contributed by atoms with van der Waals surface area (Å²) >= 11 is 0. The average Bonchev–Trinajstić information content (AvgIpc) is 2.92. The molecule has 0 radical (unpaired) electrons. The van der Waals surface area contributed by atoms with E-state index in [-0.39, 0.29) is 17.1 Å². The van der Waals surface area contributed by atoms with Crippen LogP contribution in [0.4, 0.5) is 0 Å². The van der Waals surface area contributed by atoms with Gasteiger partial charge in [-0.2, -0.15) is 5.10 Å². The zero-order valence-corrected chi connectivity index (χ0v) is 11.6. The third kappa shape index (κ3) is 1.68. The van der Waals surface area contributed by atoms with Gasteiger partial charge in [-0.05, 0) is 17.5 Å². The predicted molar refractivity (Wildman–Crippen MR) is 76.7 cm³/mol. The molecule has 1 aliphatic rings. The molecule has 0 bridgehead atoms. The molecule has 6 nitrogen and oxygen atoms in total. The molecule has 1 aromatic carbocycles. The van der Waals surface area contributed by atoms with Crippen LogP contribution in [0, 0.1) is 5.41 Å². The van der Waals surface area contributed by atoms with Crippen molar-refractivity contribution in [3.63, 3.8) is 0 Å². The first kappa shape index (κ1) is 12.7. The van der Waals surface area contributed by atoms with Crippen LogP contribution in [0.25, 0.3) is 5.69 Å². The van der Waals surface area contributed by atoms with E-state index in [2.05, 4.69) is 5.10 Å². The molecule has 104 valence electrons. The van der Waals surface area contributed by atoms with Gasteiger partial charge in [0, 0.05) is 0 Å². The fourth-order valence-corrected chi connectivity index (χ4v) is 2.37. The van der Waals surface area contributed by atoms with Crippen LogP contribution in [0.5, 0.6) is 0 Å². The highest BCUT2D eigenvalue weighted by atomic mass is 16.2. The SMILES string of the molecule is CC(C)(C)C1C=Nn2c(=O)n(-c3ccccc3)c(=O)n21. The van der Waals surface area contributed by atoms with Crippen molar-refractivity contribution >= 4 is 6.21 Å². The third-order valence-electron chi connectivity index (χ3n) is 3.44. The van der Waals surface area contributed by atoms with Crippen LogP contribution in [-0.2, 0) is 0 Å². The van der Waals surface area contributed by atoms with Crippen molar-refractivity contribution in [2.75, 3.05) is 0 Å². The lowest BCUT2D eigenvalue weighted by Crippen LogP contribution is -2.34. The van der Waals surface area contributed by atoms with Crippen LogP contribution in [0.15, 0.2) is 45.0 Å². The maximum Gasteiger partial charge on any atom is 0.373 e. The van der Waals surface area contributed by atoms with Gasteiger partial charge in [-0.1, -0.05) is 39.0 Å². The molecule has 1 unspecified atom stereocenters. The van der Waals surface area contributed by atoms with E-state index in [1.54, 1.807) is 30.5 Å². The van der Waals surface area contributed by atoms with E-state index in [1.807, 2.05) is 26.8 Å². The Morgan fingerprint density at radius 3 is 2.30 bits per heavy atom. The standard InChI is InChI=1S/C14H16N4O2/c1-14(2,3)11-9-15-18-13(20)16(12(19)17(11)18)10-7-5-4-6-8-10/h4-9,11H,1-3H3. The quantitative estimate of drug-likeness (QED) is 0.784. The average molecular weight is 272 g/mol. The van der Waals surface area contributed by atoms with Crippen molar-refractivity contribution in [2.45, 2.75) is 26.8 Å². The van der Waals surface area contributed by atoms with Crippen LogP contribution in [0.2, 0.25) is 0 Å². The van der Waals surface area contributed by atoms with Gasteiger partial charge in [0.05, 0.1) is 17.9 Å². The Bertz CT molecular complexity index is 787. The second kappa shape index (κ2) is 4.06. The van der Waals surface area contributed by atoms with Crippen LogP contribution >= 0.6 is 0 Å². The summed E-state index contributed by atoms with van der Waals surface area (Å²) < 4.78 is 2.56. The first-order valence-corrected chi connectivity index (χ1v) is 6.48. The fourth-order valence-electron chi connectivity index (χ4n) is 2.37. The molecule has 2 aromatic rings. The summed E-state index contributed by atoms with van der Waals surface area (Å²) in [6.45, 7) is 6.03. The van der Waals surface area contributed by atoms with E-state index >= 15 is 0 Å². The molecule has 1 atom stereocenters. The van der Waals surface area contributed by atoms with Gasteiger partial charge < -0.3 is 0 Å². The molecule has 0 saturated carbocycles. The van der Waals surface area contributed by atoms with Gasteiger partial charge in [0.25, 0.3) is 0 Å². The minimum Gasteiger partial charge on any atom is -0.245 e. The first-order chi connectivity index (χ1) is 9.41. The molecule has 0 fully saturated rings. The Labute approximate surface area is 115 Å². The van der Waals surface area contributed by atoms with Gasteiger partial charge >= 0.3 is 11.4 Å². The number of fused-ring (bicyclic) bond motifs is 1. The maximum absolute atomic E-state index is 12.6. The van der Waals surface area contributed by atoms with E-state index in [1.165, 1.54) is 4.68 Å². The van der Waals surface area contributed by atoms with Crippen molar-refractivity contribution in [2.24, 2.45) is 10.5 Å². The van der Waals surface area contributed by atoms with Gasteiger partial charge in [-0.3, -0.25) is 0 Å². The molecule has 6 heteroatoms. The van der Waals surface area contributed by atoms with Crippen molar-refractivity contribution in [3.8, 4) is 5.69 Å². The lowest BCUT2D eigenvalue weighted by molar-refractivity contribution is 0.284. The van der Waals surface area contributed by atoms with Crippen LogP contribution in [0.3, 0.4) is 0 Å². The number of rotatable bonds is 1. The fraction of sp³-hybridized carbons (Fsp3) is 0.357. The molecule has 1 aromatic heterocycles. The summed E-state index contributed by atoms with van der Waals surface area (Å²) in [5.41, 5.74) is -0.441. The van der Waals surface area contributed by atoms with Crippen LogP contribution in [-0.4, -0.2) is 20.3 Å². The monoisotopic (exact) mass is 272 g/mol. The van der Waals surface area contributed by atoms with Crippen molar-refractivity contribution in [3.05, 3.63) is 51.3 Å². The Kier molecular flexibility index (Phi) is 2.57. The lowest BCUT2D eigenvalue weighted by Gasteiger charge is -2.24. The summed E-state index contributed by atoms with van der Waals surface area (Å²) in [4.78, 5) is 26.1. The summed E-state index contributed by atoms with van der Waals surface area (Å²) in [5, 5.41) is 4.07. The summed E-state index contributed by atoms with van der Waals surface area (Å²) in [7, 11) is 0. The van der Waals surface area contributed by atoms with E-state index in [4.69, 9.17) is 0 Å².